The molecule has 0 aliphatic heterocycles. The molecule has 0 heterocycles. The van der Waals surface area contributed by atoms with Crippen LogP contribution in [0.25, 0.3) is 0 Å². The molecule has 0 aliphatic rings. The van der Waals surface area contributed by atoms with Gasteiger partial charge in [0.15, 0.2) is 6.61 Å². The van der Waals surface area contributed by atoms with Crippen LogP contribution in [0.5, 0.6) is 11.5 Å². The summed E-state index contributed by atoms with van der Waals surface area (Å²) in [6.45, 7) is 6.70. The quantitative estimate of drug-likeness (QED) is 0.435. The standard InChI is InChI=1S/C24H31IN2O4/c1-5-22(24(29)26-14-17(2)3)27(15-18-7-6-8-21(13-18)30-4)23(28)16-31-20-11-9-19(25)10-12-20/h6-13,17,22H,5,14-16H2,1-4H3,(H,26,29). The molecular formula is C24H31IN2O4. The third-order valence-corrected chi connectivity index (χ3v) is 5.45. The second-order valence-electron chi connectivity index (χ2n) is 7.68. The van der Waals surface area contributed by atoms with E-state index in [2.05, 4.69) is 27.9 Å². The average molecular weight is 538 g/mol. The van der Waals surface area contributed by atoms with E-state index >= 15 is 0 Å². The van der Waals surface area contributed by atoms with Crippen LogP contribution < -0.4 is 14.8 Å². The molecule has 1 N–H and O–H groups in total. The lowest BCUT2D eigenvalue weighted by atomic mass is 10.1. The summed E-state index contributed by atoms with van der Waals surface area (Å²) in [6.07, 6.45) is 0.503. The molecule has 2 aromatic rings. The maximum absolute atomic E-state index is 13.2. The van der Waals surface area contributed by atoms with Gasteiger partial charge < -0.3 is 19.7 Å². The number of nitrogens with one attached hydrogen (secondary N) is 1. The summed E-state index contributed by atoms with van der Waals surface area (Å²) < 4.78 is 12.1. The molecule has 0 spiro atoms. The van der Waals surface area contributed by atoms with E-state index in [0.29, 0.717) is 36.9 Å². The zero-order valence-electron chi connectivity index (χ0n) is 18.6. The van der Waals surface area contributed by atoms with Crippen molar-refractivity contribution in [3.63, 3.8) is 0 Å². The van der Waals surface area contributed by atoms with Crippen molar-refractivity contribution in [2.24, 2.45) is 5.92 Å². The molecule has 1 unspecified atom stereocenters. The van der Waals surface area contributed by atoms with Gasteiger partial charge in [-0.15, -0.1) is 0 Å². The predicted molar refractivity (Wildman–Crippen MR) is 130 cm³/mol. The van der Waals surface area contributed by atoms with E-state index in [4.69, 9.17) is 9.47 Å². The summed E-state index contributed by atoms with van der Waals surface area (Å²) in [6, 6.07) is 14.4. The number of hydrogen-bond acceptors (Lipinski definition) is 4. The maximum Gasteiger partial charge on any atom is 0.261 e. The molecule has 0 saturated heterocycles. The molecule has 168 valence electrons. The topological polar surface area (TPSA) is 67.9 Å². The molecule has 2 aromatic carbocycles. The van der Waals surface area contributed by atoms with Crippen molar-refractivity contribution in [1.29, 1.82) is 0 Å². The number of rotatable bonds is 11. The van der Waals surface area contributed by atoms with E-state index in [1.807, 2.05) is 69.3 Å². The van der Waals surface area contributed by atoms with Gasteiger partial charge in [-0.3, -0.25) is 9.59 Å². The fraction of sp³-hybridized carbons (Fsp3) is 0.417. The van der Waals surface area contributed by atoms with E-state index in [0.717, 1.165) is 9.13 Å². The van der Waals surface area contributed by atoms with Crippen molar-refractivity contribution in [3.8, 4) is 11.5 Å². The minimum atomic E-state index is -0.585. The number of ether oxygens (including phenoxy) is 2. The van der Waals surface area contributed by atoms with Gasteiger partial charge in [0.25, 0.3) is 5.91 Å². The molecule has 1 atom stereocenters. The lowest BCUT2D eigenvalue weighted by molar-refractivity contribution is -0.143. The van der Waals surface area contributed by atoms with Crippen LogP contribution in [0.4, 0.5) is 0 Å². The Kier molecular flexibility index (Phi) is 10.1. The molecule has 31 heavy (non-hydrogen) atoms. The van der Waals surface area contributed by atoms with Gasteiger partial charge in [-0.2, -0.15) is 0 Å². The van der Waals surface area contributed by atoms with Crippen LogP contribution in [0.1, 0.15) is 32.8 Å². The first-order valence-corrected chi connectivity index (χ1v) is 11.5. The number of methoxy groups -OCH3 is 1. The van der Waals surface area contributed by atoms with E-state index in [1.54, 1.807) is 12.0 Å². The lowest BCUT2D eigenvalue weighted by Gasteiger charge is -2.31. The summed E-state index contributed by atoms with van der Waals surface area (Å²) in [7, 11) is 1.60. The lowest BCUT2D eigenvalue weighted by Crippen LogP contribution is -2.50. The molecule has 6 nitrogen and oxygen atoms in total. The molecule has 0 aliphatic carbocycles. The van der Waals surface area contributed by atoms with E-state index < -0.39 is 6.04 Å². The normalized spacial score (nSPS) is 11.7. The van der Waals surface area contributed by atoms with Gasteiger partial charge in [0.05, 0.1) is 7.11 Å². The van der Waals surface area contributed by atoms with Crippen LogP contribution in [-0.4, -0.2) is 43.0 Å². The minimum Gasteiger partial charge on any atom is -0.497 e. The highest BCUT2D eigenvalue weighted by molar-refractivity contribution is 14.1. The molecule has 7 heteroatoms. The summed E-state index contributed by atoms with van der Waals surface area (Å²) in [5, 5.41) is 2.96. The van der Waals surface area contributed by atoms with Crippen LogP contribution in [0.2, 0.25) is 0 Å². The second kappa shape index (κ2) is 12.5. The Hall–Kier alpha value is -2.29. The highest BCUT2D eigenvalue weighted by Crippen LogP contribution is 2.18. The molecule has 0 bridgehead atoms. The zero-order chi connectivity index (χ0) is 22.8. The van der Waals surface area contributed by atoms with Gasteiger partial charge in [-0.05, 0) is 76.9 Å². The third kappa shape index (κ3) is 8.05. The van der Waals surface area contributed by atoms with Crippen LogP contribution in [0.15, 0.2) is 48.5 Å². The number of carbonyl (C=O) groups excluding carboxylic acids is 2. The van der Waals surface area contributed by atoms with Gasteiger partial charge in [-0.25, -0.2) is 0 Å². The Labute approximate surface area is 198 Å². The van der Waals surface area contributed by atoms with E-state index in [-0.39, 0.29) is 18.4 Å². The monoisotopic (exact) mass is 538 g/mol. The smallest absolute Gasteiger partial charge is 0.261 e. The van der Waals surface area contributed by atoms with Gasteiger partial charge >= 0.3 is 0 Å². The molecule has 0 radical (unpaired) electrons. The number of nitrogens with zero attached hydrogens (tertiary/aromatic N) is 1. The Balaban J connectivity index is 2.20. The maximum atomic E-state index is 13.2. The fourth-order valence-corrected chi connectivity index (χ4v) is 3.43. The summed E-state index contributed by atoms with van der Waals surface area (Å²) >= 11 is 2.21. The van der Waals surface area contributed by atoms with Gasteiger partial charge in [0, 0.05) is 16.7 Å². The van der Waals surface area contributed by atoms with Crippen LogP contribution >= 0.6 is 22.6 Å². The predicted octanol–water partition coefficient (Wildman–Crippen LogP) is 4.26. The summed E-state index contributed by atoms with van der Waals surface area (Å²) in [5.41, 5.74) is 0.886. The Bertz CT molecular complexity index is 855. The fourth-order valence-electron chi connectivity index (χ4n) is 3.07. The SMILES string of the molecule is CCC(C(=O)NCC(C)C)N(Cc1cccc(OC)c1)C(=O)COc1ccc(I)cc1. The average Bonchev–Trinajstić information content (AvgIpc) is 2.77. The highest BCUT2D eigenvalue weighted by atomic mass is 127. The van der Waals surface area contributed by atoms with Gasteiger partial charge in [-0.1, -0.05) is 32.9 Å². The first-order chi connectivity index (χ1) is 14.8. The van der Waals surface area contributed by atoms with Gasteiger partial charge in [0.2, 0.25) is 5.91 Å². The molecule has 2 amide bonds. The highest BCUT2D eigenvalue weighted by Gasteiger charge is 2.29. The van der Waals surface area contributed by atoms with Crippen LogP contribution in [0, 0.1) is 9.49 Å². The number of amides is 2. The molecule has 0 aromatic heterocycles. The second-order valence-corrected chi connectivity index (χ2v) is 8.92. The van der Waals surface area contributed by atoms with Crippen LogP contribution in [-0.2, 0) is 16.1 Å². The minimum absolute atomic E-state index is 0.140. The third-order valence-electron chi connectivity index (χ3n) is 4.73. The Morgan fingerprint density at radius 3 is 2.42 bits per heavy atom. The van der Waals surface area contributed by atoms with E-state index in [9.17, 15) is 9.59 Å². The van der Waals surface area contributed by atoms with Crippen molar-refractivity contribution in [1.82, 2.24) is 10.2 Å². The number of halogens is 1. The van der Waals surface area contributed by atoms with E-state index in [1.165, 1.54) is 0 Å². The largest absolute Gasteiger partial charge is 0.497 e. The first kappa shape index (κ1) is 25.0. The number of carbonyl (C=O) groups is 2. The number of benzene rings is 2. The zero-order valence-corrected chi connectivity index (χ0v) is 20.7. The van der Waals surface area contributed by atoms with Crippen molar-refractivity contribution < 1.29 is 19.1 Å². The molecule has 0 saturated carbocycles. The van der Waals surface area contributed by atoms with Crippen LogP contribution in [0.3, 0.4) is 0 Å². The molecular weight excluding hydrogens is 507 g/mol. The Morgan fingerprint density at radius 1 is 1.10 bits per heavy atom. The molecule has 2 rings (SSSR count). The van der Waals surface area contributed by atoms with Crippen molar-refractivity contribution >= 4 is 34.4 Å². The Morgan fingerprint density at radius 2 is 1.81 bits per heavy atom. The summed E-state index contributed by atoms with van der Waals surface area (Å²) in [4.78, 5) is 27.6. The van der Waals surface area contributed by atoms with Gasteiger partial charge in [0.1, 0.15) is 17.5 Å². The van der Waals surface area contributed by atoms with Crippen molar-refractivity contribution in [2.75, 3.05) is 20.3 Å². The van der Waals surface area contributed by atoms with Crippen molar-refractivity contribution in [2.45, 2.75) is 39.8 Å². The molecule has 0 fully saturated rings. The first-order valence-electron chi connectivity index (χ1n) is 10.4. The van der Waals surface area contributed by atoms with Crippen molar-refractivity contribution in [3.05, 3.63) is 57.7 Å². The summed E-state index contributed by atoms with van der Waals surface area (Å²) in [5.74, 6) is 1.26. The number of hydrogen-bond donors (Lipinski definition) is 1.